The largest absolute Gasteiger partial charge is 0.396 e. The Labute approximate surface area is 65.9 Å². The molecule has 4 heteroatoms. The highest BCUT2D eigenvalue weighted by Crippen LogP contribution is 2.20. The van der Waals surface area contributed by atoms with Gasteiger partial charge in [0.15, 0.2) is 0 Å². The molecule has 0 saturated carbocycles. The molecular formula is C7H15NO3. The molecule has 11 heavy (non-hydrogen) atoms. The second-order valence-electron chi connectivity index (χ2n) is 3.38. The molecule has 1 saturated heterocycles. The number of piperidine rings is 1. The van der Waals surface area contributed by atoms with Crippen molar-refractivity contribution in [2.45, 2.75) is 18.6 Å². The molecule has 3 atom stereocenters. The zero-order valence-corrected chi connectivity index (χ0v) is 6.62. The van der Waals surface area contributed by atoms with Gasteiger partial charge in [-0.1, -0.05) is 0 Å². The summed E-state index contributed by atoms with van der Waals surface area (Å²) < 4.78 is 0. The Kier molecular flexibility index (Phi) is 2.49. The fraction of sp³-hybridized carbons (Fsp3) is 1.00. The van der Waals surface area contributed by atoms with Crippen LogP contribution in [0.4, 0.5) is 0 Å². The van der Waals surface area contributed by atoms with Crippen LogP contribution in [0.3, 0.4) is 0 Å². The zero-order valence-electron chi connectivity index (χ0n) is 6.62. The molecule has 0 amide bonds. The molecule has 0 spiro atoms. The van der Waals surface area contributed by atoms with Crippen molar-refractivity contribution in [2.75, 3.05) is 19.7 Å². The van der Waals surface area contributed by atoms with E-state index in [4.69, 9.17) is 5.11 Å². The number of hydrogen-bond acceptors (Lipinski definition) is 4. The van der Waals surface area contributed by atoms with Crippen molar-refractivity contribution in [3.63, 3.8) is 0 Å². The van der Waals surface area contributed by atoms with Crippen LogP contribution in [-0.2, 0) is 0 Å². The molecule has 0 radical (unpaired) electrons. The summed E-state index contributed by atoms with van der Waals surface area (Å²) in [6, 6.07) is 0. The van der Waals surface area contributed by atoms with Crippen molar-refractivity contribution in [3.8, 4) is 0 Å². The smallest absolute Gasteiger partial charge is 0.100 e. The summed E-state index contributed by atoms with van der Waals surface area (Å²) in [5, 5.41) is 30.7. The highest BCUT2D eigenvalue weighted by Gasteiger charge is 2.39. The molecule has 0 aromatic carbocycles. The summed E-state index contributed by atoms with van der Waals surface area (Å²) in [6.45, 7) is 2.41. The van der Waals surface area contributed by atoms with E-state index in [9.17, 15) is 10.2 Å². The highest BCUT2D eigenvalue weighted by atomic mass is 16.3. The molecule has 1 heterocycles. The van der Waals surface area contributed by atoms with E-state index in [2.05, 4.69) is 5.32 Å². The Hall–Kier alpha value is -0.160. The Morgan fingerprint density at radius 1 is 1.64 bits per heavy atom. The van der Waals surface area contributed by atoms with Gasteiger partial charge in [0.05, 0.1) is 6.10 Å². The number of aliphatic hydroxyl groups is 3. The van der Waals surface area contributed by atoms with Gasteiger partial charge < -0.3 is 20.6 Å². The minimum absolute atomic E-state index is 0.0929. The Bertz CT molecular complexity index is 138. The molecule has 4 N–H and O–H groups in total. The lowest BCUT2D eigenvalue weighted by Gasteiger charge is -2.39. The lowest BCUT2D eigenvalue weighted by molar-refractivity contribution is -0.113. The summed E-state index contributed by atoms with van der Waals surface area (Å²) in [4.78, 5) is 0. The summed E-state index contributed by atoms with van der Waals surface area (Å²) in [6.07, 6.45) is -0.825. The number of rotatable bonds is 1. The number of aliphatic hydroxyl groups excluding tert-OH is 2. The van der Waals surface area contributed by atoms with Gasteiger partial charge in [-0.25, -0.2) is 0 Å². The van der Waals surface area contributed by atoms with E-state index < -0.39 is 11.7 Å². The zero-order chi connectivity index (χ0) is 8.48. The van der Waals surface area contributed by atoms with Gasteiger partial charge in [-0.3, -0.25) is 0 Å². The SMILES string of the molecule is CC1(O)CNCC(CO)C1O. The average molecular weight is 161 g/mol. The minimum atomic E-state index is -1.11. The van der Waals surface area contributed by atoms with E-state index >= 15 is 0 Å². The molecule has 0 aliphatic carbocycles. The maximum Gasteiger partial charge on any atom is 0.100 e. The van der Waals surface area contributed by atoms with Crippen LogP contribution < -0.4 is 5.32 Å². The first-order valence-electron chi connectivity index (χ1n) is 3.80. The van der Waals surface area contributed by atoms with Gasteiger partial charge in [0.1, 0.15) is 5.60 Å². The van der Waals surface area contributed by atoms with Crippen molar-refractivity contribution in [3.05, 3.63) is 0 Å². The summed E-state index contributed by atoms with van der Waals surface area (Å²) in [5.41, 5.74) is -1.11. The third-order valence-electron chi connectivity index (χ3n) is 2.21. The van der Waals surface area contributed by atoms with Crippen LogP contribution in [0, 0.1) is 5.92 Å². The molecule has 0 aromatic heterocycles. The highest BCUT2D eigenvalue weighted by molar-refractivity contribution is 4.93. The molecule has 4 nitrogen and oxygen atoms in total. The van der Waals surface area contributed by atoms with Crippen LogP contribution in [0.5, 0.6) is 0 Å². The van der Waals surface area contributed by atoms with Crippen LogP contribution in [0.1, 0.15) is 6.92 Å². The standard InChI is InChI=1S/C7H15NO3/c1-7(11)4-8-2-5(3-9)6(7)10/h5-6,8-11H,2-4H2,1H3. The van der Waals surface area contributed by atoms with E-state index in [-0.39, 0.29) is 12.5 Å². The molecule has 0 aromatic rings. The van der Waals surface area contributed by atoms with Crippen molar-refractivity contribution in [2.24, 2.45) is 5.92 Å². The summed E-state index contributed by atoms with van der Waals surface area (Å²) >= 11 is 0. The van der Waals surface area contributed by atoms with Crippen LogP contribution in [-0.4, -0.2) is 46.7 Å². The maximum atomic E-state index is 9.52. The van der Waals surface area contributed by atoms with Gasteiger partial charge in [0, 0.05) is 25.6 Å². The Balaban J connectivity index is 2.60. The van der Waals surface area contributed by atoms with E-state index in [1.54, 1.807) is 6.92 Å². The van der Waals surface area contributed by atoms with Gasteiger partial charge in [0.2, 0.25) is 0 Å². The molecular weight excluding hydrogens is 146 g/mol. The van der Waals surface area contributed by atoms with E-state index in [0.29, 0.717) is 13.1 Å². The first-order valence-corrected chi connectivity index (χ1v) is 3.80. The molecule has 0 bridgehead atoms. The predicted octanol–water partition coefficient (Wildman–Crippen LogP) is -1.69. The summed E-state index contributed by atoms with van der Waals surface area (Å²) in [5.74, 6) is -0.251. The van der Waals surface area contributed by atoms with Crippen LogP contribution >= 0.6 is 0 Å². The molecule has 1 fully saturated rings. The minimum Gasteiger partial charge on any atom is -0.396 e. The van der Waals surface area contributed by atoms with Crippen LogP contribution in [0.25, 0.3) is 0 Å². The third kappa shape index (κ3) is 1.70. The van der Waals surface area contributed by atoms with Gasteiger partial charge >= 0.3 is 0 Å². The number of β-amino-alcohol motifs (C(OH)–C–C–N with tert-alkyl or cyclic N) is 1. The monoisotopic (exact) mass is 161 g/mol. The lowest BCUT2D eigenvalue weighted by Crippen LogP contribution is -2.59. The Morgan fingerprint density at radius 2 is 2.27 bits per heavy atom. The van der Waals surface area contributed by atoms with Crippen LogP contribution in [0.15, 0.2) is 0 Å². The fourth-order valence-electron chi connectivity index (χ4n) is 1.40. The summed E-state index contributed by atoms with van der Waals surface area (Å²) in [7, 11) is 0. The first-order chi connectivity index (χ1) is 5.08. The second kappa shape index (κ2) is 3.06. The van der Waals surface area contributed by atoms with Crippen LogP contribution in [0.2, 0.25) is 0 Å². The van der Waals surface area contributed by atoms with E-state index in [0.717, 1.165) is 0 Å². The lowest BCUT2D eigenvalue weighted by atomic mass is 9.85. The Morgan fingerprint density at radius 3 is 2.73 bits per heavy atom. The molecule has 1 rings (SSSR count). The molecule has 66 valence electrons. The second-order valence-corrected chi connectivity index (χ2v) is 3.38. The average Bonchev–Trinajstić information content (AvgIpc) is 1.95. The van der Waals surface area contributed by atoms with Crippen molar-refractivity contribution in [1.82, 2.24) is 5.32 Å². The van der Waals surface area contributed by atoms with Gasteiger partial charge in [0.25, 0.3) is 0 Å². The topological polar surface area (TPSA) is 72.7 Å². The van der Waals surface area contributed by atoms with Gasteiger partial charge in [-0.15, -0.1) is 0 Å². The quantitative estimate of drug-likeness (QED) is 0.370. The number of nitrogens with one attached hydrogen (secondary N) is 1. The first kappa shape index (κ1) is 8.93. The van der Waals surface area contributed by atoms with Gasteiger partial charge in [-0.05, 0) is 6.92 Å². The van der Waals surface area contributed by atoms with Gasteiger partial charge in [-0.2, -0.15) is 0 Å². The molecule has 1 aliphatic heterocycles. The van der Waals surface area contributed by atoms with E-state index in [1.165, 1.54) is 0 Å². The van der Waals surface area contributed by atoms with Crippen molar-refractivity contribution in [1.29, 1.82) is 0 Å². The van der Waals surface area contributed by atoms with Crippen molar-refractivity contribution >= 4 is 0 Å². The third-order valence-corrected chi connectivity index (χ3v) is 2.21. The van der Waals surface area contributed by atoms with E-state index in [1.807, 2.05) is 0 Å². The molecule has 1 aliphatic rings. The maximum absolute atomic E-state index is 9.52. The predicted molar refractivity (Wildman–Crippen MR) is 40.1 cm³/mol. The number of hydrogen-bond donors (Lipinski definition) is 4. The normalized spacial score (nSPS) is 45.8. The van der Waals surface area contributed by atoms with Crippen molar-refractivity contribution < 1.29 is 15.3 Å². The fourth-order valence-corrected chi connectivity index (χ4v) is 1.40. The molecule has 3 unspecified atom stereocenters.